The van der Waals surface area contributed by atoms with Gasteiger partial charge in [-0.25, -0.2) is 0 Å². The van der Waals surface area contributed by atoms with Crippen LogP contribution in [0.5, 0.6) is 5.75 Å². The highest BCUT2D eigenvalue weighted by Gasteiger charge is 2.54. The number of hydrogen-bond acceptors (Lipinski definition) is 4. The minimum atomic E-state index is -0.158. The summed E-state index contributed by atoms with van der Waals surface area (Å²) < 4.78 is 5.41. The van der Waals surface area contributed by atoms with Crippen molar-refractivity contribution in [3.63, 3.8) is 0 Å². The molecule has 0 spiro atoms. The zero-order chi connectivity index (χ0) is 20.4. The molecule has 4 bridgehead atoms. The first-order valence-corrected chi connectivity index (χ1v) is 11.0. The van der Waals surface area contributed by atoms with Gasteiger partial charge < -0.3 is 10.1 Å². The Kier molecular flexibility index (Phi) is 4.20. The van der Waals surface area contributed by atoms with E-state index in [0.717, 1.165) is 66.5 Å². The van der Waals surface area contributed by atoms with Gasteiger partial charge in [0.05, 0.1) is 12.7 Å². The Hall–Kier alpha value is -2.10. The summed E-state index contributed by atoms with van der Waals surface area (Å²) in [6.07, 6.45) is 10.7. The third-order valence-corrected chi connectivity index (χ3v) is 7.81. The van der Waals surface area contributed by atoms with Gasteiger partial charge in [0.25, 0.3) is 0 Å². The molecule has 4 heteroatoms. The number of hydrogen-bond donors (Lipinski definition) is 1. The van der Waals surface area contributed by atoms with Gasteiger partial charge in [0.1, 0.15) is 5.75 Å². The predicted molar refractivity (Wildman–Crippen MR) is 113 cm³/mol. The Balaban J connectivity index is 1.55. The van der Waals surface area contributed by atoms with Crippen molar-refractivity contribution < 1.29 is 14.3 Å². The van der Waals surface area contributed by atoms with Crippen LogP contribution >= 0.6 is 0 Å². The molecule has 0 unspecified atom stereocenters. The van der Waals surface area contributed by atoms with Gasteiger partial charge in [-0.15, -0.1) is 0 Å². The van der Waals surface area contributed by atoms with Crippen LogP contribution in [0.25, 0.3) is 5.70 Å². The van der Waals surface area contributed by atoms with E-state index in [1.165, 1.54) is 19.3 Å². The average Bonchev–Trinajstić information content (AvgIpc) is 2.65. The normalized spacial score (nSPS) is 35.1. The number of nitrogens with one attached hydrogen (secondary N) is 1. The largest absolute Gasteiger partial charge is 0.496 e. The topological polar surface area (TPSA) is 55.4 Å². The summed E-state index contributed by atoms with van der Waals surface area (Å²) in [4.78, 5) is 25.2. The third-order valence-electron chi connectivity index (χ3n) is 7.81. The molecule has 1 N–H and O–H groups in total. The molecule has 4 saturated carbocycles. The lowest BCUT2D eigenvalue weighted by molar-refractivity contribution is -0.138. The van der Waals surface area contributed by atoms with E-state index in [0.29, 0.717) is 17.1 Å². The first-order chi connectivity index (χ1) is 13.8. The minimum absolute atomic E-state index is 0.148. The van der Waals surface area contributed by atoms with Crippen molar-refractivity contribution in [3.05, 3.63) is 34.9 Å². The number of benzene rings is 1. The van der Waals surface area contributed by atoms with Crippen LogP contribution < -0.4 is 10.1 Å². The summed E-state index contributed by atoms with van der Waals surface area (Å²) in [5.74, 6) is 3.14. The molecule has 6 rings (SSSR count). The molecule has 0 saturated heterocycles. The lowest BCUT2D eigenvalue weighted by Crippen LogP contribution is -2.50. The number of methoxy groups -OCH3 is 1. The molecule has 1 aromatic carbocycles. The Bertz CT molecular complexity index is 876. The number of aldehydes is 1. The molecular formula is C25H31NO3. The lowest BCUT2D eigenvalue weighted by atomic mass is 9.48. The molecule has 4 nitrogen and oxygen atoms in total. The molecule has 5 aliphatic rings. The van der Waals surface area contributed by atoms with E-state index < -0.39 is 0 Å². The Labute approximate surface area is 173 Å². The van der Waals surface area contributed by atoms with Crippen molar-refractivity contribution in [2.45, 2.75) is 64.3 Å². The maximum Gasteiger partial charge on any atom is 0.163 e. The van der Waals surface area contributed by atoms with Crippen LogP contribution in [0.15, 0.2) is 18.2 Å². The first kappa shape index (κ1) is 18.9. The summed E-state index contributed by atoms with van der Waals surface area (Å²) in [6.45, 7) is 4.30. The van der Waals surface area contributed by atoms with E-state index in [9.17, 15) is 9.59 Å². The molecular weight excluding hydrogens is 362 g/mol. The molecule has 154 valence electrons. The molecule has 1 heterocycles. The zero-order valence-corrected chi connectivity index (χ0v) is 17.7. The van der Waals surface area contributed by atoms with Crippen LogP contribution in [-0.2, 0) is 11.2 Å². The van der Waals surface area contributed by atoms with Crippen molar-refractivity contribution >= 4 is 17.8 Å². The Morgan fingerprint density at radius 2 is 1.72 bits per heavy atom. The Morgan fingerprint density at radius 1 is 1.10 bits per heavy atom. The molecule has 0 atom stereocenters. The zero-order valence-electron chi connectivity index (χ0n) is 17.7. The fraction of sp³-hybridized carbons (Fsp3) is 0.600. The first-order valence-electron chi connectivity index (χ1n) is 11.0. The van der Waals surface area contributed by atoms with Crippen LogP contribution in [0.3, 0.4) is 0 Å². The maximum absolute atomic E-state index is 13.7. The number of fused-ring (bicyclic) bond motifs is 1. The smallest absolute Gasteiger partial charge is 0.163 e. The second kappa shape index (κ2) is 6.45. The maximum atomic E-state index is 13.7. The SMILES string of the molecule is COc1cc2c(cc1C=O)C(=CC(=O)C13CC4CC(CC(C4)C1)C3)NC(C)(C)C2. The third kappa shape index (κ3) is 3.12. The van der Waals surface area contributed by atoms with Gasteiger partial charge in [0.2, 0.25) is 0 Å². The van der Waals surface area contributed by atoms with Crippen molar-refractivity contribution in [1.29, 1.82) is 0 Å². The van der Waals surface area contributed by atoms with E-state index >= 15 is 0 Å². The van der Waals surface area contributed by atoms with E-state index in [4.69, 9.17) is 4.74 Å². The highest BCUT2D eigenvalue weighted by atomic mass is 16.5. The second-order valence-electron chi connectivity index (χ2n) is 10.7. The molecule has 0 aromatic heterocycles. The van der Waals surface area contributed by atoms with Gasteiger partial charge in [0.15, 0.2) is 12.1 Å². The van der Waals surface area contributed by atoms with Gasteiger partial charge in [-0.05, 0) is 94.2 Å². The molecule has 4 fully saturated rings. The highest BCUT2D eigenvalue weighted by Crippen LogP contribution is 2.60. The summed E-state index contributed by atoms with van der Waals surface area (Å²) in [6, 6.07) is 3.84. The number of ether oxygens (including phenoxy) is 1. The van der Waals surface area contributed by atoms with E-state index in [2.05, 4.69) is 19.2 Å². The molecule has 0 radical (unpaired) electrons. The van der Waals surface area contributed by atoms with Crippen molar-refractivity contribution in [1.82, 2.24) is 5.32 Å². The molecule has 0 amide bonds. The van der Waals surface area contributed by atoms with Gasteiger partial charge in [-0.1, -0.05) is 0 Å². The fourth-order valence-electron chi connectivity index (χ4n) is 7.07. The predicted octanol–water partition coefficient (Wildman–Crippen LogP) is 4.56. The molecule has 1 aliphatic heterocycles. The van der Waals surface area contributed by atoms with Crippen LogP contribution in [0.2, 0.25) is 0 Å². The molecule has 29 heavy (non-hydrogen) atoms. The number of carbonyl (C=O) groups is 2. The van der Waals surface area contributed by atoms with E-state index in [-0.39, 0.29) is 11.0 Å². The number of ketones is 1. The Morgan fingerprint density at radius 3 is 2.28 bits per heavy atom. The molecule has 1 aromatic rings. The quantitative estimate of drug-likeness (QED) is 0.602. The van der Waals surface area contributed by atoms with Crippen LogP contribution in [-0.4, -0.2) is 24.7 Å². The van der Waals surface area contributed by atoms with Crippen LogP contribution in [0.1, 0.15) is 73.9 Å². The fourth-order valence-corrected chi connectivity index (χ4v) is 7.07. The van der Waals surface area contributed by atoms with Gasteiger partial charge in [0, 0.05) is 28.3 Å². The van der Waals surface area contributed by atoms with Gasteiger partial charge in [-0.3, -0.25) is 9.59 Å². The van der Waals surface area contributed by atoms with Gasteiger partial charge in [-0.2, -0.15) is 0 Å². The number of allylic oxidation sites excluding steroid dienone is 1. The number of carbonyl (C=O) groups excluding carboxylic acids is 2. The molecule has 4 aliphatic carbocycles. The summed E-state index contributed by atoms with van der Waals surface area (Å²) >= 11 is 0. The van der Waals surface area contributed by atoms with Crippen molar-refractivity contribution in [2.75, 3.05) is 7.11 Å². The van der Waals surface area contributed by atoms with Crippen molar-refractivity contribution in [3.8, 4) is 5.75 Å². The van der Waals surface area contributed by atoms with Gasteiger partial charge >= 0.3 is 0 Å². The monoisotopic (exact) mass is 393 g/mol. The average molecular weight is 394 g/mol. The second-order valence-corrected chi connectivity index (χ2v) is 10.7. The standard InChI is InChI=1S/C25H31NO3/c1-24(2)13-18-8-22(29-3)19(14-27)7-20(18)21(26-24)9-23(28)25-10-15-4-16(11-25)6-17(5-15)12-25/h7-9,14-17,26H,4-6,10-13H2,1-3H3. The number of rotatable bonds is 4. The lowest BCUT2D eigenvalue weighted by Gasteiger charge is -2.55. The van der Waals surface area contributed by atoms with Crippen LogP contribution in [0.4, 0.5) is 0 Å². The highest BCUT2D eigenvalue weighted by molar-refractivity contribution is 6.01. The van der Waals surface area contributed by atoms with Crippen molar-refractivity contribution in [2.24, 2.45) is 23.2 Å². The van der Waals surface area contributed by atoms with E-state index in [1.54, 1.807) is 7.11 Å². The van der Waals surface area contributed by atoms with Crippen LogP contribution in [0, 0.1) is 23.2 Å². The summed E-state index contributed by atoms with van der Waals surface area (Å²) in [5, 5.41) is 3.58. The summed E-state index contributed by atoms with van der Waals surface area (Å²) in [5.41, 5.74) is 3.18. The minimum Gasteiger partial charge on any atom is -0.496 e. The van der Waals surface area contributed by atoms with E-state index in [1.807, 2.05) is 18.2 Å². The summed E-state index contributed by atoms with van der Waals surface area (Å²) in [7, 11) is 1.59.